The molecule has 0 spiro atoms. The van der Waals surface area contributed by atoms with Gasteiger partial charge < -0.3 is 4.90 Å². The summed E-state index contributed by atoms with van der Waals surface area (Å²) in [5.41, 5.74) is 0.526. The molecule has 0 aliphatic carbocycles. The zero-order chi connectivity index (χ0) is 22.0. The quantitative estimate of drug-likeness (QED) is 0.343. The minimum absolute atomic E-state index is 0.0288. The van der Waals surface area contributed by atoms with E-state index in [0.29, 0.717) is 17.0 Å². The Kier molecular flexibility index (Phi) is 5.81. The molecule has 5 nitrogen and oxygen atoms in total. The molecule has 0 bridgehead atoms. The third-order valence-electron chi connectivity index (χ3n) is 4.74. The highest BCUT2D eigenvalue weighted by Gasteiger charge is 2.19. The number of carbonyl (C=O) groups excluding carboxylic acids is 1. The zero-order valence-electron chi connectivity index (χ0n) is 16.5. The van der Waals surface area contributed by atoms with Crippen molar-refractivity contribution in [1.82, 2.24) is 9.55 Å². The van der Waals surface area contributed by atoms with Crippen LogP contribution in [0.3, 0.4) is 0 Å². The molecule has 156 valence electrons. The second-order valence-electron chi connectivity index (χ2n) is 6.72. The Morgan fingerprint density at radius 1 is 1.03 bits per heavy atom. The maximum absolute atomic E-state index is 14.5. The summed E-state index contributed by atoms with van der Waals surface area (Å²) < 4.78 is 29.0. The highest BCUT2D eigenvalue weighted by molar-refractivity contribution is 7.99. The van der Waals surface area contributed by atoms with E-state index >= 15 is 0 Å². The molecule has 0 atom stereocenters. The number of aromatic nitrogens is 2. The van der Waals surface area contributed by atoms with Gasteiger partial charge in [-0.05, 0) is 36.4 Å². The predicted molar refractivity (Wildman–Crippen MR) is 118 cm³/mol. The first kappa shape index (κ1) is 20.7. The summed E-state index contributed by atoms with van der Waals surface area (Å²) in [5.74, 6) is -1.89. The minimum atomic E-state index is -0.895. The fraction of sp³-hybridized carbons (Fsp3) is 0.0870. The first-order valence-electron chi connectivity index (χ1n) is 9.37. The van der Waals surface area contributed by atoms with E-state index in [2.05, 4.69) is 4.98 Å². The van der Waals surface area contributed by atoms with Crippen molar-refractivity contribution < 1.29 is 13.6 Å². The second kappa shape index (κ2) is 8.69. The number of halogens is 2. The van der Waals surface area contributed by atoms with Crippen molar-refractivity contribution >= 4 is 34.3 Å². The van der Waals surface area contributed by atoms with Crippen LogP contribution >= 0.6 is 11.8 Å². The Balaban J connectivity index is 1.74. The fourth-order valence-electron chi connectivity index (χ4n) is 3.10. The highest BCUT2D eigenvalue weighted by atomic mass is 32.2. The summed E-state index contributed by atoms with van der Waals surface area (Å²) in [6.45, 7) is 0. The predicted octanol–water partition coefficient (Wildman–Crippen LogP) is 4.42. The molecular weight excluding hydrogens is 420 g/mol. The van der Waals surface area contributed by atoms with Gasteiger partial charge in [0.05, 0.1) is 22.3 Å². The number of hydrogen-bond acceptors (Lipinski definition) is 4. The molecule has 1 aromatic heterocycles. The van der Waals surface area contributed by atoms with E-state index in [0.717, 1.165) is 28.1 Å². The van der Waals surface area contributed by atoms with Crippen molar-refractivity contribution in [2.45, 2.75) is 5.16 Å². The number of carbonyl (C=O) groups is 1. The molecule has 0 aliphatic heterocycles. The van der Waals surface area contributed by atoms with E-state index in [1.807, 2.05) is 18.2 Å². The first-order valence-corrected chi connectivity index (χ1v) is 10.4. The van der Waals surface area contributed by atoms with Crippen LogP contribution in [-0.4, -0.2) is 28.3 Å². The van der Waals surface area contributed by atoms with Gasteiger partial charge in [0.2, 0.25) is 5.91 Å². The van der Waals surface area contributed by atoms with Crippen molar-refractivity contribution in [3.8, 4) is 5.69 Å². The highest BCUT2D eigenvalue weighted by Crippen LogP contribution is 2.24. The molecule has 0 aliphatic rings. The molecule has 8 heteroatoms. The molecule has 0 unspecified atom stereocenters. The topological polar surface area (TPSA) is 55.2 Å². The maximum atomic E-state index is 14.5. The van der Waals surface area contributed by atoms with E-state index < -0.39 is 17.2 Å². The molecule has 0 saturated carbocycles. The number of para-hydroxylation sites is 2. The number of amides is 1. The van der Waals surface area contributed by atoms with Crippen molar-refractivity contribution in [3.05, 3.63) is 94.8 Å². The largest absolute Gasteiger partial charge is 0.315 e. The molecule has 1 amide bonds. The van der Waals surface area contributed by atoms with Crippen LogP contribution in [0, 0.1) is 11.6 Å². The number of anilines is 1. The van der Waals surface area contributed by atoms with Gasteiger partial charge in [-0.1, -0.05) is 42.1 Å². The fourth-order valence-corrected chi connectivity index (χ4v) is 4.02. The molecule has 3 aromatic carbocycles. The molecule has 4 aromatic rings. The summed E-state index contributed by atoms with van der Waals surface area (Å²) in [4.78, 5) is 31.8. The molecule has 4 rings (SSSR count). The third kappa shape index (κ3) is 4.20. The summed E-state index contributed by atoms with van der Waals surface area (Å²) in [7, 11) is 1.65. The average molecular weight is 437 g/mol. The maximum Gasteiger partial charge on any atom is 0.266 e. The normalized spacial score (nSPS) is 10.9. The van der Waals surface area contributed by atoms with Gasteiger partial charge in [-0.3, -0.25) is 14.2 Å². The first-order chi connectivity index (χ1) is 15.0. The Hall–Kier alpha value is -3.52. The summed E-state index contributed by atoms with van der Waals surface area (Å²) in [6, 6.07) is 18.8. The van der Waals surface area contributed by atoms with E-state index in [-0.39, 0.29) is 22.5 Å². The summed E-state index contributed by atoms with van der Waals surface area (Å²) in [6.07, 6.45) is 0. The van der Waals surface area contributed by atoms with Gasteiger partial charge in [0.1, 0.15) is 11.6 Å². The van der Waals surface area contributed by atoms with Crippen LogP contribution in [0.5, 0.6) is 0 Å². The number of hydrogen-bond donors (Lipinski definition) is 0. The Labute approximate surface area is 181 Å². The van der Waals surface area contributed by atoms with Crippen LogP contribution in [0.1, 0.15) is 0 Å². The van der Waals surface area contributed by atoms with Crippen molar-refractivity contribution in [2.24, 2.45) is 0 Å². The van der Waals surface area contributed by atoms with Gasteiger partial charge in [-0.25, -0.2) is 13.8 Å². The Bertz CT molecular complexity index is 1330. The molecule has 0 N–H and O–H groups in total. The van der Waals surface area contributed by atoms with Gasteiger partial charge in [-0.15, -0.1) is 0 Å². The molecule has 0 radical (unpaired) electrons. The Morgan fingerprint density at radius 3 is 2.48 bits per heavy atom. The average Bonchev–Trinajstić information content (AvgIpc) is 2.78. The molecule has 0 saturated heterocycles. The van der Waals surface area contributed by atoms with Crippen LogP contribution in [0.25, 0.3) is 16.6 Å². The van der Waals surface area contributed by atoms with Crippen LogP contribution in [0.4, 0.5) is 14.5 Å². The van der Waals surface area contributed by atoms with Crippen molar-refractivity contribution in [2.75, 3.05) is 17.7 Å². The van der Waals surface area contributed by atoms with Gasteiger partial charge in [0.25, 0.3) is 5.56 Å². The summed E-state index contributed by atoms with van der Waals surface area (Å²) in [5, 5.41) is 0.437. The van der Waals surface area contributed by atoms with Gasteiger partial charge in [0, 0.05) is 18.8 Å². The standard InChI is InChI=1S/C23H17F2N3O2S/c1-27(16-7-3-2-4-8-16)21(29)14-31-23-26-19-10-6-5-9-17(19)22(30)28(23)20-12-11-15(24)13-18(20)25/h2-13H,14H2,1H3. The van der Waals surface area contributed by atoms with E-state index in [9.17, 15) is 18.4 Å². The van der Waals surface area contributed by atoms with Crippen LogP contribution in [0.2, 0.25) is 0 Å². The number of nitrogens with zero attached hydrogens (tertiary/aromatic N) is 3. The lowest BCUT2D eigenvalue weighted by molar-refractivity contribution is -0.115. The van der Waals surface area contributed by atoms with Gasteiger partial charge in [0.15, 0.2) is 5.16 Å². The number of rotatable bonds is 5. The lowest BCUT2D eigenvalue weighted by atomic mass is 10.2. The lowest BCUT2D eigenvalue weighted by Crippen LogP contribution is -2.29. The second-order valence-corrected chi connectivity index (χ2v) is 7.67. The molecule has 0 fully saturated rings. The minimum Gasteiger partial charge on any atom is -0.315 e. The summed E-state index contributed by atoms with van der Waals surface area (Å²) >= 11 is 1.02. The smallest absolute Gasteiger partial charge is 0.266 e. The van der Waals surface area contributed by atoms with Crippen molar-refractivity contribution in [3.63, 3.8) is 0 Å². The molecule has 1 heterocycles. The molecule has 31 heavy (non-hydrogen) atoms. The van der Waals surface area contributed by atoms with E-state index in [4.69, 9.17) is 0 Å². The Morgan fingerprint density at radius 2 is 1.74 bits per heavy atom. The number of fused-ring (bicyclic) bond motifs is 1. The SMILES string of the molecule is CN(C(=O)CSc1nc2ccccc2c(=O)n1-c1ccc(F)cc1F)c1ccccc1. The van der Waals surface area contributed by atoms with Crippen LogP contribution < -0.4 is 10.5 Å². The van der Waals surface area contributed by atoms with Crippen LogP contribution in [0.15, 0.2) is 82.7 Å². The van der Waals surface area contributed by atoms with Gasteiger partial charge in [-0.2, -0.15) is 0 Å². The lowest BCUT2D eigenvalue weighted by Gasteiger charge is -2.18. The number of benzene rings is 3. The van der Waals surface area contributed by atoms with Gasteiger partial charge >= 0.3 is 0 Å². The van der Waals surface area contributed by atoms with E-state index in [1.165, 1.54) is 11.0 Å². The monoisotopic (exact) mass is 437 g/mol. The third-order valence-corrected chi connectivity index (χ3v) is 5.66. The molecular formula is C23H17F2N3O2S. The van der Waals surface area contributed by atoms with Crippen LogP contribution in [-0.2, 0) is 4.79 Å². The van der Waals surface area contributed by atoms with E-state index in [1.54, 1.807) is 43.4 Å². The number of thioether (sulfide) groups is 1. The zero-order valence-corrected chi connectivity index (χ0v) is 17.3. The van der Waals surface area contributed by atoms with Crippen molar-refractivity contribution in [1.29, 1.82) is 0 Å².